The Bertz CT molecular complexity index is 406. The van der Waals surface area contributed by atoms with Crippen LogP contribution in [0.1, 0.15) is 20.3 Å². The molecule has 2 heterocycles. The van der Waals surface area contributed by atoms with E-state index in [-0.39, 0.29) is 23.8 Å². The van der Waals surface area contributed by atoms with Crippen molar-refractivity contribution in [2.45, 2.75) is 38.4 Å². The zero-order valence-corrected chi connectivity index (χ0v) is 11.0. The Hall–Kier alpha value is -1.63. The minimum Gasteiger partial charge on any atom is -0.480 e. The van der Waals surface area contributed by atoms with Crippen LogP contribution < -0.4 is 10.6 Å². The molecule has 106 valence electrons. The molecule has 2 saturated heterocycles. The van der Waals surface area contributed by atoms with Crippen LogP contribution in [0.15, 0.2) is 0 Å². The number of hydrogen-bond donors (Lipinski definition) is 3. The molecule has 0 saturated carbocycles. The largest absolute Gasteiger partial charge is 0.480 e. The number of nitrogens with one attached hydrogen (secondary N) is 2. The standard InChI is InChI=1S/C12H19N3O4/c1-6(2)9(12(18)19)15-4-3-7(11(15)17)14-10(16)8-5-13-8/h6-9,13H,3-5H2,1-2H3,(H,14,16)(H,18,19)/t7-,8?,9+/m1/s1. The molecule has 0 spiro atoms. The third-order valence-corrected chi connectivity index (χ3v) is 3.50. The van der Waals surface area contributed by atoms with Crippen molar-refractivity contribution in [3.05, 3.63) is 0 Å². The summed E-state index contributed by atoms with van der Waals surface area (Å²) in [4.78, 5) is 36.3. The van der Waals surface area contributed by atoms with Crippen LogP contribution in [-0.2, 0) is 14.4 Å². The maximum absolute atomic E-state index is 12.2. The summed E-state index contributed by atoms with van der Waals surface area (Å²) < 4.78 is 0. The minimum atomic E-state index is -1.00. The molecule has 7 heteroatoms. The number of hydrogen-bond acceptors (Lipinski definition) is 4. The van der Waals surface area contributed by atoms with Crippen molar-refractivity contribution >= 4 is 17.8 Å². The molecular weight excluding hydrogens is 250 g/mol. The molecule has 19 heavy (non-hydrogen) atoms. The van der Waals surface area contributed by atoms with Crippen molar-refractivity contribution in [2.24, 2.45) is 5.92 Å². The smallest absolute Gasteiger partial charge is 0.326 e. The Labute approximate surface area is 111 Å². The number of carboxylic acid groups (broad SMARTS) is 1. The molecule has 3 atom stereocenters. The monoisotopic (exact) mass is 269 g/mol. The molecule has 1 unspecified atom stereocenters. The molecule has 2 fully saturated rings. The first kappa shape index (κ1) is 13.8. The second-order valence-electron chi connectivity index (χ2n) is 5.37. The van der Waals surface area contributed by atoms with E-state index in [2.05, 4.69) is 10.6 Å². The Balaban J connectivity index is 1.99. The number of rotatable bonds is 5. The SMILES string of the molecule is CC(C)[C@@H](C(=O)O)N1CC[C@@H](NC(=O)C2CN2)C1=O. The average molecular weight is 269 g/mol. The van der Waals surface area contributed by atoms with Crippen molar-refractivity contribution < 1.29 is 19.5 Å². The van der Waals surface area contributed by atoms with Gasteiger partial charge in [0.15, 0.2) is 0 Å². The van der Waals surface area contributed by atoms with Gasteiger partial charge in [-0.25, -0.2) is 4.79 Å². The van der Waals surface area contributed by atoms with Gasteiger partial charge in [-0.05, 0) is 12.3 Å². The second kappa shape index (κ2) is 5.16. The molecular formula is C12H19N3O4. The van der Waals surface area contributed by atoms with E-state index in [9.17, 15) is 19.5 Å². The molecule has 0 radical (unpaired) electrons. The number of nitrogens with zero attached hydrogens (tertiary/aromatic N) is 1. The van der Waals surface area contributed by atoms with Gasteiger partial charge in [0.2, 0.25) is 11.8 Å². The van der Waals surface area contributed by atoms with Gasteiger partial charge in [0.1, 0.15) is 12.1 Å². The lowest BCUT2D eigenvalue weighted by Crippen LogP contribution is -2.50. The Morgan fingerprint density at radius 2 is 2.11 bits per heavy atom. The quantitative estimate of drug-likeness (QED) is 0.542. The van der Waals surface area contributed by atoms with E-state index < -0.39 is 18.1 Å². The van der Waals surface area contributed by atoms with E-state index in [0.29, 0.717) is 19.5 Å². The van der Waals surface area contributed by atoms with E-state index in [4.69, 9.17) is 0 Å². The van der Waals surface area contributed by atoms with Crippen LogP contribution in [0.5, 0.6) is 0 Å². The van der Waals surface area contributed by atoms with Gasteiger partial charge in [0.25, 0.3) is 0 Å². The normalized spacial score (nSPS) is 27.5. The lowest BCUT2D eigenvalue weighted by Gasteiger charge is -2.27. The molecule has 2 aliphatic heterocycles. The number of amides is 2. The van der Waals surface area contributed by atoms with Crippen LogP contribution in [0.2, 0.25) is 0 Å². The Kier molecular flexibility index (Phi) is 3.75. The highest BCUT2D eigenvalue weighted by molar-refractivity contribution is 5.94. The van der Waals surface area contributed by atoms with Gasteiger partial charge in [-0.2, -0.15) is 0 Å². The third kappa shape index (κ3) is 2.86. The topological polar surface area (TPSA) is 109 Å². The van der Waals surface area contributed by atoms with Crippen molar-refractivity contribution in [2.75, 3.05) is 13.1 Å². The molecule has 0 bridgehead atoms. The lowest BCUT2D eigenvalue weighted by atomic mass is 10.0. The zero-order valence-electron chi connectivity index (χ0n) is 11.0. The maximum atomic E-state index is 12.2. The molecule has 7 nitrogen and oxygen atoms in total. The van der Waals surface area contributed by atoms with Gasteiger partial charge >= 0.3 is 5.97 Å². The van der Waals surface area contributed by atoms with Crippen LogP contribution in [0, 0.1) is 5.92 Å². The van der Waals surface area contributed by atoms with E-state index in [1.54, 1.807) is 13.8 Å². The van der Waals surface area contributed by atoms with Crippen LogP contribution in [0.25, 0.3) is 0 Å². The van der Waals surface area contributed by atoms with Crippen molar-refractivity contribution in [1.82, 2.24) is 15.5 Å². The summed E-state index contributed by atoms with van der Waals surface area (Å²) in [7, 11) is 0. The molecule has 0 aromatic carbocycles. The second-order valence-corrected chi connectivity index (χ2v) is 5.37. The number of likely N-dealkylation sites (tertiary alicyclic amines) is 1. The summed E-state index contributed by atoms with van der Waals surface area (Å²) in [5.74, 6) is -1.65. The zero-order chi connectivity index (χ0) is 14.2. The van der Waals surface area contributed by atoms with E-state index >= 15 is 0 Å². The highest BCUT2D eigenvalue weighted by Crippen LogP contribution is 2.20. The first-order valence-electron chi connectivity index (χ1n) is 6.49. The van der Waals surface area contributed by atoms with Gasteiger partial charge in [0, 0.05) is 13.1 Å². The molecule has 2 rings (SSSR count). The summed E-state index contributed by atoms with van der Waals surface area (Å²) in [6, 6.07) is -1.61. The fourth-order valence-corrected chi connectivity index (χ4v) is 2.41. The Morgan fingerprint density at radius 3 is 2.58 bits per heavy atom. The molecule has 0 aliphatic carbocycles. The van der Waals surface area contributed by atoms with Gasteiger partial charge < -0.3 is 20.6 Å². The predicted octanol–water partition coefficient (Wildman–Crippen LogP) is -1.22. The summed E-state index contributed by atoms with van der Waals surface area (Å²) in [6.45, 7) is 4.55. The number of carbonyl (C=O) groups excluding carboxylic acids is 2. The van der Waals surface area contributed by atoms with E-state index in [0.717, 1.165) is 0 Å². The number of carbonyl (C=O) groups is 3. The molecule has 2 aliphatic rings. The van der Waals surface area contributed by atoms with Crippen LogP contribution in [0.3, 0.4) is 0 Å². The van der Waals surface area contributed by atoms with Crippen LogP contribution >= 0.6 is 0 Å². The third-order valence-electron chi connectivity index (χ3n) is 3.50. The molecule has 3 N–H and O–H groups in total. The average Bonchev–Trinajstić information content (AvgIpc) is 3.09. The predicted molar refractivity (Wildman–Crippen MR) is 66.3 cm³/mol. The van der Waals surface area contributed by atoms with Crippen LogP contribution in [-0.4, -0.2) is 59.0 Å². The fraction of sp³-hybridized carbons (Fsp3) is 0.750. The first-order valence-corrected chi connectivity index (χ1v) is 6.49. The lowest BCUT2D eigenvalue weighted by molar-refractivity contribution is -0.150. The Morgan fingerprint density at radius 1 is 1.47 bits per heavy atom. The van der Waals surface area contributed by atoms with Crippen molar-refractivity contribution in [1.29, 1.82) is 0 Å². The van der Waals surface area contributed by atoms with E-state index in [1.165, 1.54) is 4.90 Å². The van der Waals surface area contributed by atoms with Gasteiger partial charge in [0.05, 0.1) is 6.04 Å². The van der Waals surface area contributed by atoms with Crippen LogP contribution in [0.4, 0.5) is 0 Å². The fourth-order valence-electron chi connectivity index (χ4n) is 2.41. The maximum Gasteiger partial charge on any atom is 0.326 e. The number of aliphatic carboxylic acids is 1. The molecule has 0 aromatic rings. The number of carboxylic acids is 1. The highest BCUT2D eigenvalue weighted by atomic mass is 16.4. The van der Waals surface area contributed by atoms with Crippen molar-refractivity contribution in [3.8, 4) is 0 Å². The van der Waals surface area contributed by atoms with Gasteiger partial charge in [-0.3, -0.25) is 9.59 Å². The first-order chi connectivity index (χ1) is 8.91. The molecule has 0 aromatic heterocycles. The highest BCUT2D eigenvalue weighted by Gasteiger charge is 2.42. The minimum absolute atomic E-state index is 0.166. The van der Waals surface area contributed by atoms with Crippen molar-refractivity contribution in [3.63, 3.8) is 0 Å². The van der Waals surface area contributed by atoms with Gasteiger partial charge in [-0.15, -0.1) is 0 Å². The summed E-state index contributed by atoms with van der Waals surface area (Å²) >= 11 is 0. The molecule has 2 amide bonds. The van der Waals surface area contributed by atoms with E-state index in [1.807, 2.05) is 0 Å². The summed E-state index contributed by atoms with van der Waals surface area (Å²) in [5, 5.41) is 14.7. The summed E-state index contributed by atoms with van der Waals surface area (Å²) in [6.07, 6.45) is 0.466. The van der Waals surface area contributed by atoms with Gasteiger partial charge in [-0.1, -0.05) is 13.8 Å². The summed E-state index contributed by atoms with van der Waals surface area (Å²) in [5.41, 5.74) is 0.